The van der Waals surface area contributed by atoms with E-state index in [1.807, 2.05) is 0 Å². The van der Waals surface area contributed by atoms with Crippen LogP contribution in [0.4, 0.5) is 14.9 Å². The van der Waals surface area contributed by atoms with E-state index in [1.165, 1.54) is 50.7 Å². The number of likely N-dealkylation sites (N-methyl/N-ethyl adjacent to an activating group) is 1. The minimum absolute atomic E-state index is 0.00802. The smallest absolute Gasteiger partial charge is 0.318 e. The largest absolute Gasteiger partial charge is 0.497 e. The average Bonchev–Trinajstić information content (AvgIpc) is 3.38. The maximum atomic E-state index is 15.5. The molecule has 6 rings (SSSR count). The Kier molecular flexibility index (Phi) is 10.1. The Balaban J connectivity index is 1.48. The second-order valence-electron chi connectivity index (χ2n) is 12.6. The van der Waals surface area contributed by atoms with E-state index in [1.54, 1.807) is 17.9 Å². The van der Waals surface area contributed by atoms with Crippen LogP contribution in [0.3, 0.4) is 0 Å². The van der Waals surface area contributed by atoms with Crippen molar-refractivity contribution < 1.29 is 36.6 Å². The third-order valence-electron chi connectivity index (χ3n) is 9.78. The van der Waals surface area contributed by atoms with Crippen molar-refractivity contribution in [1.29, 1.82) is 5.26 Å². The number of piperidine rings is 1. The van der Waals surface area contributed by atoms with Gasteiger partial charge in [0.2, 0.25) is 5.88 Å². The predicted molar refractivity (Wildman–Crippen MR) is 184 cm³/mol. The van der Waals surface area contributed by atoms with Crippen LogP contribution >= 0.6 is 0 Å². The first-order valence-electron chi connectivity index (χ1n) is 16.6. The third kappa shape index (κ3) is 6.30. The van der Waals surface area contributed by atoms with Crippen molar-refractivity contribution >= 4 is 27.6 Å². The van der Waals surface area contributed by atoms with Crippen molar-refractivity contribution in [3.8, 4) is 23.4 Å². The van der Waals surface area contributed by atoms with E-state index in [4.69, 9.17) is 14.2 Å². The first kappa shape index (κ1) is 35.8. The van der Waals surface area contributed by atoms with Crippen LogP contribution in [0.25, 0.3) is 0 Å². The van der Waals surface area contributed by atoms with Gasteiger partial charge >= 0.3 is 6.03 Å². The molecule has 2 saturated heterocycles. The summed E-state index contributed by atoms with van der Waals surface area (Å²) in [4.78, 5) is 39.7. The van der Waals surface area contributed by atoms with Crippen LogP contribution < -0.4 is 23.8 Å². The second kappa shape index (κ2) is 14.3. The summed E-state index contributed by atoms with van der Waals surface area (Å²) in [6, 6.07) is 10.2. The number of nitriles is 1. The lowest BCUT2D eigenvalue weighted by atomic mass is 9.83. The quantitative estimate of drug-likeness (QED) is 0.347. The standard InChI is InChI=1S/C35H40FN7O7S/c1-5-50-32-26(7-6-12-38-32)35(39-34(45)42-13-10-24(11-14-42)41-17-15-40(2)16-18-41)27-19-23(22-37)28(36)21-29(27)43(33(35)44)51(46,47)31-9-8-25(48-3)20-30(31)49-4/h6-9,12,19-21,24H,5,10-11,13-18H2,1-4H3,(H,39,45). The number of ether oxygens (including phenoxy) is 3. The molecule has 0 bridgehead atoms. The van der Waals surface area contributed by atoms with Crippen LogP contribution in [0.15, 0.2) is 53.6 Å². The summed E-state index contributed by atoms with van der Waals surface area (Å²) in [6.07, 6.45) is 2.83. The molecule has 3 amide bonds. The molecule has 2 aromatic carbocycles. The average molecular weight is 722 g/mol. The Bertz CT molecular complexity index is 1970. The lowest BCUT2D eigenvalue weighted by Gasteiger charge is -2.42. The highest BCUT2D eigenvalue weighted by atomic mass is 32.2. The summed E-state index contributed by atoms with van der Waals surface area (Å²) >= 11 is 0. The topological polar surface area (TPSA) is 158 Å². The summed E-state index contributed by atoms with van der Waals surface area (Å²) in [5.74, 6) is -2.12. The fraction of sp³-hybridized carbons (Fsp3) is 0.429. The molecule has 1 atom stereocenters. The number of carbonyl (C=O) groups excluding carboxylic acids is 2. The molecule has 0 aliphatic carbocycles. The van der Waals surface area contributed by atoms with E-state index in [0.29, 0.717) is 36.0 Å². The summed E-state index contributed by atoms with van der Waals surface area (Å²) in [5, 5.41) is 12.7. The van der Waals surface area contributed by atoms with Gasteiger partial charge in [-0.3, -0.25) is 9.69 Å². The lowest BCUT2D eigenvalue weighted by Crippen LogP contribution is -2.59. The van der Waals surface area contributed by atoms with Crippen molar-refractivity contribution in [2.45, 2.75) is 36.2 Å². The van der Waals surface area contributed by atoms with Crippen LogP contribution in [-0.4, -0.2) is 113 Å². The minimum atomic E-state index is -4.88. The number of benzene rings is 2. The fourth-order valence-corrected chi connectivity index (χ4v) is 8.65. The van der Waals surface area contributed by atoms with E-state index < -0.39 is 49.5 Å². The molecule has 3 aliphatic heterocycles. The maximum Gasteiger partial charge on any atom is 0.318 e. The van der Waals surface area contributed by atoms with E-state index in [0.717, 1.165) is 38.3 Å². The Morgan fingerprint density at radius 1 is 1.06 bits per heavy atom. The number of carbonyl (C=O) groups is 2. The SMILES string of the molecule is CCOc1ncccc1C1(NC(=O)N2CCC(N3CCN(C)CC3)CC2)C(=O)N(S(=O)(=O)c2ccc(OC)cc2OC)c2cc(F)c(C#N)cc21. The van der Waals surface area contributed by atoms with Crippen LogP contribution in [0, 0.1) is 17.1 Å². The molecule has 4 heterocycles. The third-order valence-corrected chi connectivity index (χ3v) is 11.5. The molecule has 3 aromatic rings. The number of aromatic nitrogens is 1. The van der Waals surface area contributed by atoms with Gasteiger partial charge in [0.05, 0.1) is 37.6 Å². The highest BCUT2D eigenvalue weighted by molar-refractivity contribution is 7.93. The lowest BCUT2D eigenvalue weighted by molar-refractivity contribution is -0.121. The molecular formula is C35H40FN7O7S. The Hall–Kier alpha value is -4.98. The molecular weight excluding hydrogens is 681 g/mol. The number of sulfonamides is 1. The number of methoxy groups -OCH3 is 2. The molecule has 0 radical (unpaired) electrons. The number of amides is 3. The van der Waals surface area contributed by atoms with Crippen LogP contribution in [0.5, 0.6) is 17.4 Å². The van der Waals surface area contributed by atoms with Gasteiger partial charge in [-0.1, -0.05) is 0 Å². The van der Waals surface area contributed by atoms with Crippen molar-refractivity contribution in [2.24, 2.45) is 0 Å². The maximum absolute atomic E-state index is 15.5. The molecule has 51 heavy (non-hydrogen) atoms. The molecule has 16 heteroatoms. The Labute approximate surface area is 296 Å². The monoisotopic (exact) mass is 721 g/mol. The summed E-state index contributed by atoms with van der Waals surface area (Å²) in [5.41, 5.74) is -3.30. The molecule has 1 aromatic heterocycles. The van der Waals surface area contributed by atoms with Crippen LogP contribution in [0.2, 0.25) is 0 Å². The van der Waals surface area contributed by atoms with Gasteiger partial charge in [-0.25, -0.2) is 22.6 Å². The number of nitrogens with one attached hydrogen (secondary N) is 1. The van der Waals surface area contributed by atoms with Gasteiger partial charge in [0, 0.05) is 69.2 Å². The number of halogens is 1. The van der Waals surface area contributed by atoms with Crippen LogP contribution in [-0.2, 0) is 20.4 Å². The Morgan fingerprint density at radius 2 is 1.78 bits per heavy atom. The summed E-state index contributed by atoms with van der Waals surface area (Å²) in [6.45, 7) is 6.37. The molecule has 270 valence electrons. The number of piperazine rings is 1. The number of rotatable bonds is 9. The number of likely N-dealkylation sites (tertiary alicyclic amines) is 1. The minimum Gasteiger partial charge on any atom is -0.497 e. The zero-order valence-electron chi connectivity index (χ0n) is 28.9. The highest BCUT2D eigenvalue weighted by Crippen LogP contribution is 2.50. The molecule has 2 fully saturated rings. The normalized spacial score (nSPS) is 20.1. The number of nitrogens with zero attached hydrogens (tertiary/aromatic N) is 6. The van der Waals surface area contributed by atoms with Gasteiger partial charge in [-0.05, 0) is 57.1 Å². The van der Waals surface area contributed by atoms with Crippen molar-refractivity contribution in [2.75, 3.05) is 71.4 Å². The molecule has 3 aliphatic rings. The highest BCUT2D eigenvalue weighted by Gasteiger charge is 2.59. The van der Waals surface area contributed by atoms with Gasteiger partial charge in [-0.2, -0.15) is 9.57 Å². The van der Waals surface area contributed by atoms with Crippen LogP contribution in [0.1, 0.15) is 36.5 Å². The number of pyridine rings is 1. The number of anilines is 1. The zero-order chi connectivity index (χ0) is 36.5. The van der Waals surface area contributed by atoms with E-state index in [2.05, 4.69) is 27.1 Å². The summed E-state index contributed by atoms with van der Waals surface area (Å²) in [7, 11) is -0.127. The molecule has 1 N–H and O–H groups in total. The fourth-order valence-electron chi connectivity index (χ4n) is 7.06. The zero-order valence-corrected chi connectivity index (χ0v) is 29.7. The first-order chi connectivity index (χ1) is 24.5. The van der Waals surface area contributed by atoms with E-state index in [9.17, 15) is 18.5 Å². The van der Waals surface area contributed by atoms with Crippen molar-refractivity contribution in [3.05, 3.63) is 71.2 Å². The predicted octanol–water partition coefficient (Wildman–Crippen LogP) is 2.91. The Morgan fingerprint density at radius 3 is 2.43 bits per heavy atom. The van der Waals surface area contributed by atoms with Gasteiger partial charge in [0.1, 0.15) is 28.3 Å². The van der Waals surface area contributed by atoms with Gasteiger partial charge in [-0.15, -0.1) is 0 Å². The molecule has 0 spiro atoms. The van der Waals surface area contributed by atoms with Gasteiger partial charge in [0.15, 0.2) is 5.54 Å². The molecule has 0 saturated carbocycles. The first-order valence-corrected chi connectivity index (χ1v) is 18.1. The van der Waals surface area contributed by atoms with Gasteiger partial charge in [0.25, 0.3) is 15.9 Å². The molecule has 1 unspecified atom stereocenters. The number of fused-ring (bicyclic) bond motifs is 1. The number of hydrogen-bond acceptors (Lipinski definition) is 11. The summed E-state index contributed by atoms with van der Waals surface area (Å²) < 4.78 is 61.5. The van der Waals surface area contributed by atoms with Gasteiger partial charge < -0.3 is 29.3 Å². The second-order valence-corrected chi connectivity index (χ2v) is 14.3. The van der Waals surface area contributed by atoms with E-state index in [-0.39, 0.29) is 35.4 Å². The number of hydrogen-bond donors (Lipinski definition) is 1. The molecule has 14 nitrogen and oxygen atoms in total. The number of urea groups is 1. The van der Waals surface area contributed by atoms with Crippen molar-refractivity contribution in [3.63, 3.8) is 0 Å². The van der Waals surface area contributed by atoms with Crippen molar-refractivity contribution in [1.82, 2.24) is 25.0 Å². The van der Waals surface area contributed by atoms with E-state index >= 15 is 9.18 Å².